The molecule has 19 heavy (non-hydrogen) atoms. The summed E-state index contributed by atoms with van der Waals surface area (Å²) in [6.07, 6.45) is 0. The third-order valence-electron chi connectivity index (χ3n) is 3.18. The first kappa shape index (κ1) is 15.7. The Morgan fingerprint density at radius 1 is 1.26 bits per heavy atom. The first-order valence-electron chi connectivity index (χ1n) is 6.68. The Balaban J connectivity index is 3.16. The molecule has 0 spiro atoms. The Morgan fingerprint density at radius 2 is 1.84 bits per heavy atom. The van der Waals surface area contributed by atoms with Gasteiger partial charge in [-0.15, -0.1) is 0 Å². The summed E-state index contributed by atoms with van der Waals surface area (Å²) in [4.78, 5) is 8.91. The number of rotatable bonds is 4. The van der Waals surface area contributed by atoms with Crippen molar-refractivity contribution in [2.45, 2.75) is 53.0 Å². The van der Waals surface area contributed by atoms with E-state index in [-0.39, 0.29) is 18.1 Å². The zero-order valence-electron chi connectivity index (χ0n) is 12.8. The van der Waals surface area contributed by atoms with Gasteiger partial charge in [0.15, 0.2) is 0 Å². The monoisotopic (exact) mass is 266 g/mol. The molecule has 0 aliphatic heterocycles. The second kappa shape index (κ2) is 5.74. The number of aliphatic hydroxyl groups excluding tert-OH is 1. The molecule has 5 nitrogen and oxygen atoms in total. The standard InChI is InChI=1S/C14H26N4O/c1-8(2)10(7-19)16-12-9(3)11(15)17-13(18-12)14(4,5)6/h8,10,19H,7H2,1-6H3,(H3,15,16,17,18)/t10-/m1/s1. The molecule has 0 saturated heterocycles. The van der Waals surface area contributed by atoms with E-state index in [1.807, 2.05) is 27.7 Å². The maximum Gasteiger partial charge on any atom is 0.138 e. The molecule has 0 aliphatic rings. The number of nitrogens with one attached hydrogen (secondary N) is 1. The molecule has 0 amide bonds. The van der Waals surface area contributed by atoms with Crippen molar-refractivity contribution >= 4 is 11.6 Å². The molecule has 1 aromatic heterocycles. The Hall–Kier alpha value is -1.36. The first-order valence-corrected chi connectivity index (χ1v) is 6.68. The molecule has 0 fully saturated rings. The minimum absolute atomic E-state index is 0.0409. The van der Waals surface area contributed by atoms with Gasteiger partial charge in [-0.2, -0.15) is 0 Å². The van der Waals surface area contributed by atoms with Crippen molar-refractivity contribution in [3.8, 4) is 0 Å². The molecule has 0 aliphatic carbocycles. The van der Waals surface area contributed by atoms with Gasteiger partial charge in [0.2, 0.25) is 0 Å². The van der Waals surface area contributed by atoms with Gasteiger partial charge in [0, 0.05) is 11.0 Å². The van der Waals surface area contributed by atoms with Gasteiger partial charge in [-0.25, -0.2) is 9.97 Å². The van der Waals surface area contributed by atoms with E-state index in [2.05, 4.69) is 29.1 Å². The number of nitrogens with two attached hydrogens (primary N) is 1. The fourth-order valence-corrected chi connectivity index (χ4v) is 1.61. The van der Waals surface area contributed by atoms with Gasteiger partial charge in [-0.3, -0.25) is 0 Å². The topological polar surface area (TPSA) is 84.1 Å². The van der Waals surface area contributed by atoms with E-state index in [0.29, 0.717) is 23.4 Å². The lowest BCUT2D eigenvalue weighted by atomic mass is 9.95. The molecule has 108 valence electrons. The SMILES string of the molecule is Cc1c(N)nc(C(C)(C)C)nc1N[C@H](CO)C(C)C. The first-order chi connectivity index (χ1) is 8.66. The van der Waals surface area contributed by atoms with Gasteiger partial charge < -0.3 is 16.2 Å². The van der Waals surface area contributed by atoms with Gasteiger partial charge in [-0.1, -0.05) is 34.6 Å². The van der Waals surface area contributed by atoms with Crippen LogP contribution in [0.5, 0.6) is 0 Å². The van der Waals surface area contributed by atoms with Crippen LogP contribution >= 0.6 is 0 Å². The molecule has 1 atom stereocenters. The highest BCUT2D eigenvalue weighted by Crippen LogP contribution is 2.25. The molecule has 1 heterocycles. The second-order valence-corrected chi connectivity index (χ2v) is 6.33. The highest BCUT2D eigenvalue weighted by atomic mass is 16.3. The quantitative estimate of drug-likeness (QED) is 0.777. The van der Waals surface area contributed by atoms with Crippen LogP contribution in [0.4, 0.5) is 11.6 Å². The van der Waals surface area contributed by atoms with Crippen LogP contribution in [0.25, 0.3) is 0 Å². The average molecular weight is 266 g/mol. The zero-order chi connectivity index (χ0) is 14.8. The average Bonchev–Trinajstić information content (AvgIpc) is 2.28. The second-order valence-electron chi connectivity index (χ2n) is 6.33. The molecule has 5 heteroatoms. The van der Waals surface area contributed by atoms with E-state index in [4.69, 9.17) is 5.73 Å². The van der Waals surface area contributed by atoms with Crippen molar-refractivity contribution in [3.63, 3.8) is 0 Å². The molecule has 4 N–H and O–H groups in total. The van der Waals surface area contributed by atoms with Crippen LogP contribution in [0.1, 0.15) is 46.0 Å². The summed E-state index contributed by atoms with van der Waals surface area (Å²) in [5.41, 5.74) is 6.62. The Morgan fingerprint density at radius 3 is 2.26 bits per heavy atom. The number of aliphatic hydroxyl groups is 1. The molecule has 1 aromatic rings. The van der Waals surface area contributed by atoms with E-state index in [1.54, 1.807) is 0 Å². The normalized spacial score (nSPS) is 13.7. The summed E-state index contributed by atoms with van der Waals surface area (Å²) >= 11 is 0. The largest absolute Gasteiger partial charge is 0.394 e. The van der Waals surface area contributed by atoms with E-state index >= 15 is 0 Å². The van der Waals surface area contributed by atoms with E-state index < -0.39 is 0 Å². The minimum Gasteiger partial charge on any atom is -0.394 e. The predicted octanol–water partition coefficient (Wildman–Crippen LogP) is 2.09. The number of hydrogen-bond donors (Lipinski definition) is 3. The van der Waals surface area contributed by atoms with Crippen molar-refractivity contribution in [2.75, 3.05) is 17.7 Å². The van der Waals surface area contributed by atoms with Gasteiger partial charge in [0.1, 0.15) is 17.5 Å². The summed E-state index contributed by atoms with van der Waals surface area (Å²) in [6, 6.07) is -0.0409. The number of aromatic nitrogens is 2. The summed E-state index contributed by atoms with van der Waals surface area (Å²) in [5.74, 6) is 2.21. The van der Waals surface area contributed by atoms with E-state index in [1.165, 1.54) is 0 Å². The van der Waals surface area contributed by atoms with Crippen LogP contribution in [-0.2, 0) is 5.41 Å². The zero-order valence-corrected chi connectivity index (χ0v) is 12.8. The maximum atomic E-state index is 9.41. The van der Waals surface area contributed by atoms with E-state index in [0.717, 1.165) is 5.56 Å². The fraction of sp³-hybridized carbons (Fsp3) is 0.714. The van der Waals surface area contributed by atoms with Gasteiger partial charge in [0.25, 0.3) is 0 Å². The van der Waals surface area contributed by atoms with Gasteiger partial charge in [-0.05, 0) is 12.8 Å². The Kier molecular flexibility index (Phi) is 4.74. The van der Waals surface area contributed by atoms with Gasteiger partial charge in [0.05, 0.1) is 12.6 Å². The van der Waals surface area contributed by atoms with Crippen molar-refractivity contribution < 1.29 is 5.11 Å². The summed E-state index contributed by atoms with van der Waals surface area (Å²) in [7, 11) is 0. The van der Waals surface area contributed by atoms with Gasteiger partial charge >= 0.3 is 0 Å². The number of nitrogens with zero attached hydrogens (tertiary/aromatic N) is 2. The van der Waals surface area contributed by atoms with Crippen LogP contribution < -0.4 is 11.1 Å². The molecule has 0 unspecified atom stereocenters. The molecule has 0 bridgehead atoms. The van der Waals surface area contributed by atoms with Crippen LogP contribution in [0.2, 0.25) is 0 Å². The third-order valence-corrected chi connectivity index (χ3v) is 3.18. The highest BCUT2D eigenvalue weighted by molar-refractivity contribution is 5.55. The molecule has 0 saturated carbocycles. The van der Waals surface area contributed by atoms with Crippen LogP contribution in [-0.4, -0.2) is 27.7 Å². The van der Waals surface area contributed by atoms with Crippen molar-refractivity contribution in [2.24, 2.45) is 5.92 Å². The smallest absolute Gasteiger partial charge is 0.138 e. The summed E-state index contributed by atoms with van der Waals surface area (Å²) in [5, 5.41) is 12.7. The molecular formula is C14H26N4O. The van der Waals surface area contributed by atoms with Crippen molar-refractivity contribution in [3.05, 3.63) is 11.4 Å². The maximum absolute atomic E-state index is 9.41. The summed E-state index contributed by atoms with van der Waals surface area (Å²) in [6.45, 7) is 12.2. The van der Waals surface area contributed by atoms with Crippen LogP contribution in [0, 0.1) is 12.8 Å². The van der Waals surface area contributed by atoms with Crippen LogP contribution in [0.15, 0.2) is 0 Å². The Bertz CT molecular complexity index is 438. The van der Waals surface area contributed by atoms with Crippen LogP contribution in [0.3, 0.4) is 0 Å². The third kappa shape index (κ3) is 3.80. The summed E-state index contributed by atoms with van der Waals surface area (Å²) < 4.78 is 0. The molecule has 1 rings (SSSR count). The fourth-order valence-electron chi connectivity index (χ4n) is 1.61. The van der Waals surface area contributed by atoms with Crippen molar-refractivity contribution in [1.82, 2.24) is 9.97 Å². The Labute approximate surface area is 115 Å². The minimum atomic E-state index is -0.162. The lowest BCUT2D eigenvalue weighted by molar-refractivity contribution is 0.249. The molecule has 0 radical (unpaired) electrons. The number of nitrogen functional groups attached to an aromatic ring is 1. The lowest BCUT2D eigenvalue weighted by Gasteiger charge is -2.24. The molecular weight excluding hydrogens is 240 g/mol. The van der Waals surface area contributed by atoms with Crippen molar-refractivity contribution in [1.29, 1.82) is 0 Å². The number of hydrogen-bond acceptors (Lipinski definition) is 5. The number of anilines is 2. The molecule has 0 aromatic carbocycles. The highest BCUT2D eigenvalue weighted by Gasteiger charge is 2.22. The predicted molar refractivity (Wildman–Crippen MR) is 79.2 cm³/mol. The van der Waals surface area contributed by atoms with E-state index in [9.17, 15) is 5.11 Å². The lowest BCUT2D eigenvalue weighted by Crippen LogP contribution is -2.31.